The van der Waals surface area contributed by atoms with Gasteiger partial charge in [0.25, 0.3) is 0 Å². The molecule has 74 valence electrons. The van der Waals surface area contributed by atoms with Crippen molar-refractivity contribution in [3.05, 3.63) is 29.8 Å². The van der Waals surface area contributed by atoms with Crippen LogP contribution in [0, 0.1) is 0 Å². The molecular formula is C11H18O2. The number of phenols is 1. The highest BCUT2D eigenvalue weighted by Crippen LogP contribution is 2.23. The smallest absolute Gasteiger partial charge is 0.115 e. The Balaban J connectivity index is 0.000000671. The van der Waals surface area contributed by atoms with E-state index in [0.29, 0.717) is 5.75 Å². The Morgan fingerprint density at radius 3 is 1.62 bits per heavy atom. The third kappa shape index (κ3) is 3.95. The van der Waals surface area contributed by atoms with Crippen LogP contribution in [0.5, 0.6) is 5.75 Å². The summed E-state index contributed by atoms with van der Waals surface area (Å²) in [6.07, 6.45) is 0. The molecule has 0 aromatic heterocycles. The summed E-state index contributed by atoms with van der Waals surface area (Å²) >= 11 is 0. The van der Waals surface area contributed by atoms with Crippen molar-refractivity contribution in [3.8, 4) is 5.75 Å². The van der Waals surface area contributed by atoms with Crippen LogP contribution in [0.3, 0.4) is 0 Å². The van der Waals surface area contributed by atoms with Gasteiger partial charge in [-0.25, -0.2) is 0 Å². The molecule has 0 aliphatic rings. The summed E-state index contributed by atoms with van der Waals surface area (Å²) in [5.74, 6) is 0.331. The number of hydrogen-bond donors (Lipinski definition) is 2. The molecular weight excluding hydrogens is 164 g/mol. The van der Waals surface area contributed by atoms with Gasteiger partial charge >= 0.3 is 0 Å². The first-order valence-corrected chi connectivity index (χ1v) is 4.24. The number of aliphatic hydroxyl groups is 1. The summed E-state index contributed by atoms with van der Waals surface area (Å²) in [5, 5.41) is 16.0. The number of aromatic hydroxyl groups is 1. The molecule has 0 heterocycles. The third-order valence-corrected chi connectivity index (χ3v) is 1.73. The minimum Gasteiger partial charge on any atom is -0.508 e. The molecule has 0 fully saturated rings. The Bertz CT molecular complexity index is 231. The van der Waals surface area contributed by atoms with E-state index in [1.165, 1.54) is 5.56 Å². The molecule has 0 unspecified atom stereocenters. The minimum atomic E-state index is 0.174. The SMILES string of the molecule is CC(C)(C)c1ccc(O)cc1.CO. The molecule has 0 bridgehead atoms. The van der Waals surface area contributed by atoms with Gasteiger partial charge in [0, 0.05) is 7.11 Å². The lowest BCUT2D eigenvalue weighted by molar-refractivity contribution is 0.399. The van der Waals surface area contributed by atoms with Crippen LogP contribution in [0.2, 0.25) is 0 Å². The quantitative estimate of drug-likeness (QED) is 0.646. The van der Waals surface area contributed by atoms with Gasteiger partial charge in [0.1, 0.15) is 5.75 Å². The summed E-state index contributed by atoms with van der Waals surface area (Å²) < 4.78 is 0. The molecule has 0 spiro atoms. The summed E-state index contributed by atoms with van der Waals surface area (Å²) in [7, 11) is 1.00. The number of rotatable bonds is 0. The van der Waals surface area contributed by atoms with Crippen molar-refractivity contribution < 1.29 is 10.2 Å². The van der Waals surface area contributed by atoms with Crippen LogP contribution < -0.4 is 0 Å². The van der Waals surface area contributed by atoms with Crippen molar-refractivity contribution in [1.29, 1.82) is 0 Å². The van der Waals surface area contributed by atoms with E-state index in [-0.39, 0.29) is 5.41 Å². The molecule has 2 heteroatoms. The lowest BCUT2D eigenvalue weighted by atomic mass is 9.87. The average Bonchev–Trinajstić information content (AvgIpc) is 2.07. The predicted molar refractivity (Wildman–Crippen MR) is 54.9 cm³/mol. The van der Waals surface area contributed by atoms with Crippen molar-refractivity contribution in [2.24, 2.45) is 0 Å². The van der Waals surface area contributed by atoms with Gasteiger partial charge in [0.15, 0.2) is 0 Å². The highest BCUT2D eigenvalue weighted by atomic mass is 16.3. The Kier molecular flexibility index (Phi) is 4.49. The fourth-order valence-electron chi connectivity index (χ4n) is 0.961. The molecule has 1 aromatic carbocycles. The molecule has 0 amide bonds. The van der Waals surface area contributed by atoms with E-state index in [9.17, 15) is 0 Å². The lowest BCUT2D eigenvalue weighted by Gasteiger charge is -2.18. The second-order valence-corrected chi connectivity index (χ2v) is 3.80. The Morgan fingerprint density at radius 1 is 0.923 bits per heavy atom. The van der Waals surface area contributed by atoms with Crippen LogP contribution >= 0.6 is 0 Å². The number of benzene rings is 1. The van der Waals surface area contributed by atoms with Gasteiger partial charge in [-0.3, -0.25) is 0 Å². The monoisotopic (exact) mass is 182 g/mol. The molecule has 0 aliphatic carbocycles. The molecule has 13 heavy (non-hydrogen) atoms. The van der Waals surface area contributed by atoms with Gasteiger partial charge < -0.3 is 10.2 Å². The van der Waals surface area contributed by atoms with Crippen LogP contribution in [0.15, 0.2) is 24.3 Å². The molecule has 2 nitrogen and oxygen atoms in total. The fraction of sp³-hybridized carbons (Fsp3) is 0.455. The molecule has 0 saturated heterocycles. The second kappa shape index (κ2) is 4.87. The van der Waals surface area contributed by atoms with Crippen molar-refractivity contribution in [2.45, 2.75) is 26.2 Å². The summed E-state index contributed by atoms with van der Waals surface area (Å²) in [4.78, 5) is 0. The first kappa shape index (κ1) is 12.0. The topological polar surface area (TPSA) is 40.5 Å². The minimum absolute atomic E-state index is 0.174. The van der Waals surface area contributed by atoms with Crippen molar-refractivity contribution >= 4 is 0 Å². The Hall–Kier alpha value is -1.02. The third-order valence-electron chi connectivity index (χ3n) is 1.73. The predicted octanol–water partition coefficient (Wildman–Crippen LogP) is 2.30. The van der Waals surface area contributed by atoms with E-state index in [4.69, 9.17) is 10.2 Å². The van der Waals surface area contributed by atoms with E-state index < -0.39 is 0 Å². The molecule has 1 rings (SSSR count). The first-order valence-electron chi connectivity index (χ1n) is 4.24. The zero-order chi connectivity index (χ0) is 10.5. The van der Waals surface area contributed by atoms with E-state index in [1.54, 1.807) is 12.1 Å². The van der Waals surface area contributed by atoms with Crippen molar-refractivity contribution in [2.75, 3.05) is 7.11 Å². The maximum Gasteiger partial charge on any atom is 0.115 e. The lowest BCUT2D eigenvalue weighted by Crippen LogP contribution is -2.10. The Morgan fingerprint density at radius 2 is 1.31 bits per heavy atom. The van der Waals surface area contributed by atoms with E-state index in [1.807, 2.05) is 12.1 Å². The standard InChI is InChI=1S/C10H14O.CH4O/c1-10(2,3)8-4-6-9(11)7-5-8;1-2/h4-7,11H,1-3H3;2H,1H3. The van der Waals surface area contributed by atoms with E-state index >= 15 is 0 Å². The highest BCUT2D eigenvalue weighted by Gasteiger charge is 2.12. The molecule has 0 aliphatic heterocycles. The number of phenolic OH excluding ortho intramolecular Hbond substituents is 1. The number of aliphatic hydroxyl groups excluding tert-OH is 1. The molecule has 0 radical (unpaired) electrons. The zero-order valence-corrected chi connectivity index (χ0v) is 8.70. The van der Waals surface area contributed by atoms with Gasteiger partial charge in [0.2, 0.25) is 0 Å². The van der Waals surface area contributed by atoms with Crippen LogP contribution in [-0.2, 0) is 5.41 Å². The largest absolute Gasteiger partial charge is 0.508 e. The zero-order valence-electron chi connectivity index (χ0n) is 8.70. The van der Waals surface area contributed by atoms with Crippen LogP contribution in [-0.4, -0.2) is 17.3 Å². The second-order valence-electron chi connectivity index (χ2n) is 3.80. The maximum atomic E-state index is 9.02. The molecule has 1 aromatic rings. The average molecular weight is 182 g/mol. The molecule has 0 saturated carbocycles. The first-order chi connectivity index (χ1) is 6.00. The van der Waals surface area contributed by atoms with E-state index in [2.05, 4.69) is 20.8 Å². The summed E-state index contributed by atoms with van der Waals surface area (Å²) in [6, 6.07) is 7.35. The normalized spacial score (nSPS) is 10.2. The van der Waals surface area contributed by atoms with Crippen molar-refractivity contribution in [3.63, 3.8) is 0 Å². The molecule has 2 N–H and O–H groups in total. The number of hydrogen-bond acceptors (Lipinski definition) is 2. The van der Waals surface area contributed by atoms with Gasteiger partial charge in [-0.05, 0) is 23.1 Å². The van der Waals surface area contributed by atoms with Crippen molar-refractivity contribution in [1.82, 2.24) is 0 Å². The summed E-state index contributed by atoms with van der Waals surface area (Å²) in [5.41, 5.74) is 1.42. The van der Waals surface area contributed by atoms with Gasteiger partial charge in [0.05, 0.1) is 0 Å². The summed E-state index contributed by atoms with van der Waals surface area (Å²) in [6.45, 7) is 6.46. The van der Waals surface area contributed by atoms with Crippen LogP contribution in [0.25, 0.3) is 0 Å². The van der Waals surface area contributed by atoms with Crippen LogP contribution in [0.4, 0.5) is 0 Å². The van der Waals surface area contributed by atoms with Gasteiger partial charge in [-0.1, -0.05) is 32.9 Å². The van der Waals surface area contributed by atoms with Crippen LogP contribution in [0.1, 0.15) is 26.3 Å². The van der Waals surface area contributed by atoms with Gasteiger partial charge in [-0.2, -0.15) is 0 Å². The van der Waals surface area contributed by atoms with Gasteiger partial charge in [-0.15, -0.1) is 0 Å². The maximum absolute atomic E-state index is 9.02. The highest BCUT2D eigenvalue weighted by molar-refractivity contribution is 5.29. The fourth-order valence-corrected chi connectivity index (χ4v) is 0.961. The Labute approximate surface area is 79.9 Å². The molecule has 0 atom stereocenters. The van der Waals surface area contributed by atoms with E-state index in [0.717, 1.165) is 7.11 Å².